The van der Waals surface area contributed by atoms with Crippen molar-refractivity contribution in [2.24, 2.45) is 5.92 Å². The topological polar surface area (TPSA) is 32.8 Å². The molecule has 2 aliphatic rings. The fourth-order valence-electron chi connectivity index (χ4n) is 8.23. The number of ketones is 1. The van der Waals surface area contributed by atoms with Gasteiger partial charge in [-0.3, -0.25) is 9.69 Å². The van der Waals surface area contributed by atoms with Crippen LogP contribution in [0.25, 0.3) is 0 Å². The molecule has 4 aromatic carbocycles. The number of halogens is 1. The van der Waals surface area contributed by atoms with Crippen LogP contribution in [0.1, 0.15) is 128 Å². The van der Waals surface area contributed by atoms with Crippen molar-refractivity contribution in [3.63, 3.8) is 0 Å². The van der Waals surface area contributed by atoms with Gasteiger partial charge in [-0.25, -0.2) is 4.39 Å². The molecular formula is C47H59FN2O2. The summed E-state index contributed by atoms with van der Waals surface area (Å²) in [5, 5.41) is 0. The molecule has 1 saturated heterocycles. The molecule has 0 amide bonds. The summed E-state index contributed by atoms with van der Waals surface area (Å²) < 4.78 is 21.8. The Labute approximate surface area is 312 Å². The Morgan fingerprint density at radius 1 is 0.846 bits per heavy atom. The normalized spacial score (nSPS) is 16.2. The SMILES string of the molecule is CCc1cc(N2CCN(CCCCCOc3ccc(C(c4ccccc4C4CC4)C(CC)c4cccc(C)c4)cc3F)CC2)ccc1C(=O)C(C)C. The molecule has 52 heavy (non-hydrogen) atoms. The van der Waals surface area contributed by atoms with Gasteiger partial charge in [0.1, 0.15) is 0 Å². The van der Waals surface area contributed by atoms with Crippen molar-refractivity contribution in [3.05, 3.63) is 130 Å². The van der Waals surface area contributed by atoms with Crippen molar-refractivity contribution in [1.82, 2.24) is 4.90 Å². The van der Waals surface area contributed by atoms with E-state index in [-0.39, 0.29) is 29.4 Å². The van der Waals surface area contributed by atoms with Gasteiger partial charge in [0, 0.05) is 49.3 Å². The Balaban J connectivity index is 1.00. The highest BCUT2D eigenvalue weighted by Crippen LogP contribution is 2.49. The number of rotatable bonds is 17. The zero-order valence-corrected chi connectivity index (χ0v) is 32.2. The summed E-state index contributed by atoms with van der Waals surface area (Å²) in [6, 6.07) is 29.8. The number of ether oxygens (including phenoxy) is 1. The first-order valence-electron chi connectivity index (χ1n) is 20.0. The zero-order valence-electron chi connectivity index (χ0n) is 32.2. The number of hydrogen-bond donors (Lipinski definition) is 0. The number of carbonyl (C=O) groups excluding carboxylic acids is 1. The van der Waals surface area contributed by atoms with E-state index < -0.39 is 0 Å². The summed E-state index contributed by atoms with van der Waals surface area (Å²) >= 11 is 0. The second kappa shape index (κ2) is 17.7. The first kappa shape index (κ1) is 37.8. The highest BCUT2D eigenvalue weighted by molar-refractivity contribution is 5.99. The predicted octanol–water partition coefficient (Wildman–Crippen LogP) is 11.1. The maximum atomic E-state index is 15.8. The molecule has 276 valence electrons. The van der Waals surface area contributed by atoms with E-state index in [0.717, 1.165) is 81.5 Å². The van der Waals surface area contributed by atoms with E-state index in [4.69, 9.17) is 4.74 Å². The second-order valence-electron chi connectivity index (χ2n) is 15.5. The first-order valence-corrected chi connectivity index (χ1v) is 20.0. The number of aryl methyl sites for hydroxylation is 2. The van der Waals surface area contributed by atoms with Crippen LogP contribution in [0.15, 0.2) is 84.9 Å². The van der Waals surface area contributed by atoms with Crippen LogP contribution in [0, 0.1) is 18.7 Å². The molecule has 1 aliphatic heterocycles. The number of hydrogen-bond acceptors (Lipinski definition) is 4. The van der Waals surface area contributed by atoms with Crippen LogP contribution in [0.3, 0.4) is 0 Å². The largest absolute Gasteiger partial charge is 0.491 e. The van der Waals surface area contributed by atoms with Gasteiger partial charge >= 0.3 is 0 Å². The van der Waals surface area contributed by atoms with E-state index in [2.05, 4.69) is 97.3 Å². The lowest BCUT2D eigenvalue weighted by Gasteiger charge is -2.36. The van der Waals surface area contributed by atoms with Crippen molar-refractivity contribution in [2.75, 3.05) is 44.2 Å². The Bertz CT molecular complexity index is 1790. The molecule has 2 unspecified atom stereocenters. The average Bonchev–Trinajstić information content (AvgIpc) is 4.01. The molecule has 0 aromatic heterocycles. The molecular weight excluding hydrogens is 644 g/mol. The number of Topliss-reactive ketones (excluding diaryl/α,β-unsaturated/α-hetero) is 1. The highest BCUT2D eigenvalue weighted by atomic mass is 19.1. The summed E-state index contributed by atoms with van der Waals surface area (Å²) in [5.41, 5.74) is 9.62. The summed E-state index contributed by atoms with van der Waals surface area (Å²) in [4.78, 5) is 17.6. The summed E-state index contributed by atoms with van der Waals surface area (Å²) in [5.74, 6) is 1.27. The Morgan fingerprint density at radius 2 is 1.63 bits per heavy atom. The molecule has 2 fully saturated rings. The fraction of sp³-hybridized carbons (Fsp3) is 0.468. The van der Waals surface area contributed by atoms with E-state index in [1.54, 1.807) is 6.07 Å². The van der Waals surface area contributed by atoms with Gasteiger partial charge in [-0.05, 0) is 128 Å². The van der Waals surface area contributed by atoms with Gasteiger partial charge in [0.15, 0.2) is 17.3 Å². The Kier molecular flexibility index (Phi) is 12.9. The van der Waals surface area contributed by atoms with Crippen LogP contribution in [0.4, 0.5) is 10.1 Å². The molecule has 5 heteroatoms. The number of anilines is 1. The third-order valence-corrected chi connectivity index (χ3v) is 11.3. The van der Waals surface area contributed by atoms with Crippen molar-refractivity contribution in [1.29, 1.82) is 0 Å². The second-order valence-corrected chi connectivity index (χ2v) is 15.5. The van der Waals surface area contributed by atoms with Crippen LogP contribution in [-0.4, -0.2) is 50.0 Å². The molecule has 0 N–H and O–H groups in total. The van der Waals surface area contributed by atoms with Gasteiger partial charge in [0.05, 0.1) is 6.61 Å². The molecule has 1 saturated carbocycles. The predicted molar refractivity (Wildman–Crippen MR) is 214 cm³/mol. The number of carbonyl (C=O) groups is 1. The Morgan fingerprint density at radius 3 is 2.33 bits per heavy atom. The maximum absolute atomic E-state index is 15.8. The van der Waals surface area contributed by atoms with Gasteiger partial charge < -0.3 is 9.64 Å². The quantitative estimate of drug-likeness (QED) is 0.0810. The van der Waals surface area contributed by atoms with Crippen molar-refractivity contribution in [3.8, 4) is 5.75 Å². The van der Waals surface area contributed by atoms with E-state index in [0.29, 0.717) is 18.3 Å². The lowest BCUT2D eigenvalue weighted by Crippen LogP contribution is -2.46. The summed E-state index contributed by atoms with van der Waals surface area (Å²) in [6.07, 6.45) is 7.38. The van der Waals surface area contributed by atoms with Crippen LogP contribution < -0.4 is 9.64 Å². The minimum atomic E-state index is -0.268. The smallest absolute Gasteiger partial charge is 0.165 e. The van der Waals surface area contributed by atoms with Crippen molar-refractivity contribution in [2.45, 2.75) is 97.3 Å². The zero-order chi connectivity index (χ0) is 36.6. The monoisotopic (exact) mass is 702 g/mol. The van der Waals surface area contributed by atoms with Gasteiger partial charge in [0.25, 0.3) is 0 Å². The van der Waals surface area contributed by atoms with Gasteiger partial charge in [0.2, 0.25) is 0 Å². The molecule has 6 rings (SSSR count). The number of benzene rings is 4. The number of piperazine rings is 1. The molecule has 0 radical (unpaired) electrons. The van der Waals surface area contributed by atoms with Gasteiger partial charge in [-0.2, -0.15) is 0 Å². The molecule has 0 spiro atoms. The standard InChI is InChI=1S/C47H59FN2O2/c1-6-35-31-39(21-22-42(35)47(51)33(3)4)50-27-25-49(26-28-50)24-11-8-12-29-52-45-23-20-38(32-44(45)48)46(40(7-2)37-15-13-14-34(5)30-37)43-17-10-9-16-41(43)36-18-19-36/h9-10,13-17,20-23,30-33,36,40,46H,6-8,11-12,18-19,24-29H2,1-5H3. The lowest BCUT2D eigenvalue weighted by molar-refractivity contribution is 0.0938. The van der Waals surface area contributed by atoms with E-state index in [1.165, 1.54) is 40.8 Å². The van der Waals surface area contributed by atoms with Crippen molar-refractivity contribution >= 4 is 11.5 Å². The summed E-state index contributed by atoms with van der Waals surface area (Å²) in [7, 11) is 0. The first-order chi connectivity index (χ1) is 25.3. The minimum absolute atomic E-state index is 0.0148. The average molecular weight is 703 g/mol. The van der Waals surface area contributed by atoms with E-state index in [9.17, 15) is 4.79 Å². The third-order valence-electron chi connectivity index (χ3n) is 11.3. The molecule has 2 atom stereocenters. The number of unbranched alkanes of at least 4 members (excludes halogenated alkanes) is 2. The fourth-order valence-corrected chi connectivity index (χ4v) is 8.23. The molecule has 4 aromatic rings. The Hall–Kier alpha value is -3.96. The molecule has 0 bridgehead atoms. The van der Waals surface area contributed by atoms with Crippen LogP contribution >= 0.6 is 0 Å². The highest BCUT2D eigenvalue weighted by Gasteiger charge is 2.33. The van der Waals surface area contributed by atoms with E-state index in [1.807, 2.05) is 26.0 Å². The van der Waals surface area contributed by atoms with Crippen LogP contribution in [0.2, 0.25) is 0 Å². The van der Waals surface area contributed by atoms with Gasteiger partial charge in [-0.15, -0.1) is 0 Å². The lowest BCUT2D eigenvalue weighted by atomic mass is 9.74. The van der Waals surface area contributed by atoms with Crippen LogP contribution in [-0.2, 0) is 6.42 Å². The minimum Gasteiger partial charge on any atom is -0.491 e. The molecule has 4 nitrogen and oxygen atoms in total. The number of nitrogens with zero attached hydrogens (tertiary/aromatic N) is 2. The third kappa shape index (κ3) is 9.15. The van der Waals surface area contributed by atoms with E-state index >= 15 is 4.39 Å². The maximum Gasteiger partial charge on any atom is 0.165 e. The molecule has 1 heterocycles. The van der Waals surface area contributed by atoms with Crippen molar-refractivity contribution < 1.29 is 13.9 Å². The van der Waals surface area contributed by atoms with Crippen LogP contribution in [0.5, 0.6) is 5.75 Å². The summed E-state index contributed by atoms with van der Waals surface area (Å²) in [6.45, 7) is 16.1. The molecule has 1 aliphatic carbocycles. The van der Waals surface area contributed by atoms with Gasteiger partial charge in [-0.1, -0.05) is 87.9 Å².